The predicted molar refractivity (Wildman–Crippen MR) is 279 cm³/mol. The van der Waals surface area contributed by atoms with Gasteiger partial charge in [0.2, 0.25) is 0 Å². The monoisotopic (exact) mass is 892 g/mol. The Labute approximate surface area is 441 Å². The molecule has 67 heavy (non-hydrogen) atoms. The van der Waals surface area contributed by atoms with E-state index >= 15 is 0 Å². The van der Waals surface area contributed by atoms with Crippen molar-refractivity contribution in [1.82, 2.24) is 4.57 Å². The van der Waals surface area contributed by atoms with E-state index in [9.17, 15) is 0 Å². The Kier molecular flexibility index (Phi) is 14.2. The van der Waals surface area contributed by atoms with E-state index in [-0.39, 0.29) is 62.2 Å². The number of rotatable bonds is 8. The van der Waals surface area contributed by atoms with Gasteiger partial charge in [0.1, 0.15) is 0 Å². The van der Waals surface area contributed by atoms with Crippen LogP contribution in [0.25, 0.3) is 44.2 Å². The summed E-state index contributed by atoms with van der Waals surface area (Å²) in [5.41, 5.74) is 19.1. The number of aromatic nitrogens is 1. The van der Waals surface area contributed by atoms with Crippen molar-refractivity contribution >= 4 is 44.4 Å². The Morgan fingerprint density at radius 3 is 1.84 bits per heavy atom. The molecule has 0 aliphatic heterocycles. The average Bonchev–Trinajstić information content (AvgIpc) is 3.99. The molecule has 0 radical (unpaired) electrons. The minimum Gasteiger partial charge on any atom is -0.334 e. The fourth-order valence-electron chi connectivity index (χ4n) is 11.5. The van der Waals surface area contributed by atoms with E-state index in [2.05, 4.69) is 219 Å². The molecule has 12 rings (SSSR count). The van der Waals surface area contributed by atoms with E-state index < -0.39 is 0 Å². The number of anilines is 3. The van der Waals surface area contributed by atoms with Crippen molar-refractivity contribution in [2.75, 3.05) is 4.90 Å². The molecule has 0 saturated carbocycles. The SMILES string of the molecule is CCC1(CC)C2=C(CCC=C2)c2cc[c-]cc21.CCC1(CC)c2ccccc2-c2ccc(N(c3ccccc3)c3ccc4c(c3)c3c[c-]ccc3n4-c3ccccc3)cc21.[K+].[c-]1ccccc1. The van der Waals surface area contributed by atoms with Crippen LogP contribution in [0.1, 0.15) is 88.5 Å². The van der Waals surface area contributed by atoms with Crippen molar-refractivity contribution in [3.05, 3.63) is 246 Å². The van der Waals surface area contributed by atoms with Gasteiger partial charge in [0.05, 0.1) is 0 Å². The van der Waals surface area contributed by atoms with Crippen LogP contribution in [0.2, 0.25) is 0 Å². The molecule has 0 N–H and O–H groups in total. The van der Waals surface area contributed by atoms with E-state index in [0.717, 1.165) is 29.9 Å². The summed E-state index contributed by atoms with van der Waals surface area (Å²) in [6.45, 7) is 9.31. The first-order valence-corrected chi connectivity index (χ1v) is 24.0. The van der Waals surface area contributed by atoms with Crippen LogP contribution in [0.4, 0.5) is 17.1 Å². The van der Waals surface area contributed by atoms with Crippen molar-refractivity contribution in [3.8, 4) is 16.8 Å². The molecule has 1 aromatic heterocycles. The fourth-order valence-corrected chi connectivity index (χ4v) is 11.5. The number of fused-ring (bicyclic) bond motifs is 8. The molecule has 0 bridgehead atoms. The molecule has 0 unspecified atom stereocenters. The molecule has 0 spiro atoms. The van der Waals surface area contributed by atoms with Crippen molar-refractivity contribution in [3.63, 3.8) is 0 Å². The molecule has 326 valence electrons. The van der Waals surface area contributed by atoms with Gasteiger partial charge >= 0.3 is 51.4 Å². The quantitative estimate of drug-likeness (QED) is 0.109. The third-order valence-corrected chi connectivity index (χ3v) is 14.8. The van der Waals surface area contributed by atoms with Crippen LogP contribution in [0.5, 0.6) is 0 Å². The second-order valence-electron chi connectivity index (χ2n) is 17.7. The zero-order valence-electron chi connectivity index (χ0n) is 39.7. The van der Waals surface area contributed by atoms with Crippen molar-refractivity contribution in [2.24, 2.45) is 0 Å². The molecular weight excluding hydrogens is 836 g/mol. The molecule has 0 amide bonds. The Hall–Kier alpha value is -5.52. The number of benzene rings is 8. The van der Waals surface area contributed by atoms with E-state index in [4.69, 9.17) is 0 Å². The third kappa shape index (κ3) is 8.23. The van der Waals surface area contributed by atoms with Crippen molar-refractivity contribution < 1.29 is 51.4 Å². The average molecular weight is 893 g/mol. The minimum atomic E-state index is 0. The van der Waals surface area contributed by atoms with Gasteiger partial charge in [-0.05, 0) is 119 Å². The van der Waals surface area contributed by atoms with Crippen LogP contribution < -0.4 is 56.3 Å². The molecular formula is C64H57KN2-2. The van der Waals surface area contributed by atoms with Gasteiger partial charge in [-0.1, -0.05) is 131 Å². The number of nitrogens with zero attached hydrogens (tertiary/aromatic N) is 2. The molecule has 3 aliphatic rings. The smallest absolute Gasteiger partial charge is 0.334 e. The fraction of sp³-hybridized carbons (Fsp3) is 0.188. The molecule has 3 aliphatic carbocycles. The van der Waals surface area contributed by atoms with E-state index in [1.807, 2.05) is 36.4 Å². The normalized spacial score (nSPS) is 14.4. The largest absolute Gasteiger partial charge is 1.00 e. The van der Waals surface area contributed by atoms with Gasteiger partial charge in [-0.25, -0.2) is 0 Å². The Morgan fingerprint density at radius 2 is 1.12 bits per heavy atom. The summed E-state index contributed by atoms with van der Waals surface area (Å²) in [6, 6.07) is 76.4. The summed E-state index contributed by atoms with van der Waals surface area (Å²) < 4.78 is 2.36. The Balaban J connectivity index is 0.000000192. The summed E-state index contributed by atoms with van der Waals surface area (Å²) >= 11 is 0. The number of allylic oxidation sites excluding steroid dienone is 4. The van der Waals surface area contributed by atoms with E-state index in [1.165, 1.54) is 86.6 Å². The molecule has 0 atom stereocenters. The Bertz CT molecular complexity index is 3160. The van der Waals surface area contributed by atoms with Gasteiger partial charge in [0.25, 0.3) is 0 Å². The molecule has 8 aromatic carbocycles. The maximum absolute atomic E-state index is 3.34. The number of hydrogen-bond acceptors (Lipinski definition) is 1. The maximum Gasteiger partial charge on any atom is 1.00 e. The van der Waals surface area contributed by atoms with Crippen LogP contribution in [0.3, 0.4) is 0 Å². The van der Waals surface area contributed by atoms with Crippen molar-refractivity contribution in [2.45, 2.75) is 77.0 Å². The second-order valence-corrected chi connectivity index (χ2v) is 17.7. The summed E-state index contributed by atoms with van der Waals surface area (Å²) in [6.07, 6.45) is 11.7. The third-order valence-electron chi connectivity index (χ3n) is 14.8. The summed E-state index contributed by atoms with van der Waals surface area (Å²) in [4.78, 5) is 2.41. The van der Waals surface area contributed by atoms with Crippen molar-refractivity contribution in [1.29, 1.82) is 0 Å². The Morgan fingerprint density at radius 1 is 0.493 bits per heavy atom. The zero-order chi connectivity index (χ0) is 45.1. The summed E-state index contributed by atoms with van der Waals surface area (Å²) in [5.74, 6) is 0. The van der Waals surface area contributed by atoms with Gasteiger partial charge in [0.15, 0.2) is 0 Å². The van der Waals surface area contributed by atoms with Gasteiger partial charge in [-0.15, -0.1) is 22.6 Å². The predicted octanol–water partition coefficient (Wildman–Crippen LogP) is 14.3. The number of hydrogen-bond donors (Lipinski definition) is 0. The maximum atomic E-state index is 3.34. The van der Waals surface area contributed by atoms with Gasteiger partial charge < -0.3 is 9.47 Å². The number of para-hydroxylation sites is 2. The van der Waals surface area contributed by atoms with E-state index in [1.54, 1.807) is 11.1 Å². The van der Waals surface area contributed by atoms with Gasteiger partial charge in [-0.3, -0.25) is 0 Å². The molecule has 9 aromatic rings. The van der Waals surface area contributed by atoms with Crippen LogP contribution in [-0.4, -0.2) is 4.57 Å². The van der Waals surface area contributed by atoms with Crippen LogP contribution >= 0.6 is 0 Å². The van der Waals surface area contributed by atoms with E-state index in [0.29, 0.717) is 0 Å². The molecule has 2 nitrogen and oxygen atoms in total. The van der Waals surface area contributed by atoms with Crippen LogP contribution in [0.15, 0.2) is 206 Å². The minimum absolute atomic E-state index is 0. The first-order chi connectivity index (χ1) is 32.6. The van der Waals surface area contributed by atoms with Crippen LogP contribution in [0, 0.1) is 18.2 Å². The molecule has 1 heterocycles. The first kappa shape index (κ1) is 46.6. The molecule has 0 saturated heterocycles. The standard InChI is InChI=1S/C41H33N2.C17H19.C6H5.K/c1-3-41(4-2)37-21-13-11-19-33(37)34-25-23-32(28-38(34)41)42(29-15-7-5-8-16-29)31-24-26-40-36(27-31)35-20-12-14-22-39(35)43(40)30-17-9-6-10-18-30;1-3-17(4-2)15-11-7-5-9-13(15)14-10-6-8-12-16(14)17;1-2-4-6-5-3-1;/h5-11,13-28H,3-4H2,1-2H3;5,8-9,11-12H,3-4,6,10H2,1-2H3;1-5H;/q3*-1;+1. The van der Waals surface area contributed by atoms with Crippen LogP contribution in [-0.2, 0) is 10.8 Å². The zero-order valence-corrected chi connectivity index (χ0v) is 42.8. The summed E-state index contributed by atoms with van der Waals surface area (Å²) in [7, 11) is 0. The summed E-state index contributed by atoms with van der Waals surface area (Å²) in [5, 5.41) is 2.43. The van der Waals surface area contributed by atoms with Gasteiger partial charge in [0, 0.05) is 33.7 Å². The topological polar surface area (TPSA) is 8.17 Å². The molecule has 3 heteroatoms. The molecule has 0 fully saturated rings. The second kappa shape index (κ2) is 20.4. The first-order valence-electron chi connectivity index (χ1n) is 24.0. The van der Waals surface area contributed by atoms with Gasteiger partial charge in [-0.2, -0.15) is 78.9 Å².